The second-order valence-electron chi connectivity index (χ2n) is 26.0. The number of nitrogens with zero attached hydrogens (tertiary/aromatic N) is 6. The van der Waals surface area contributed by atoms with Gasteiger partial charge in [0.2, 0.25) is 33.4 Å². The molecule has 0 aliphatic heterocycles. The number of aryl methyl sites for hydroxylation is 4. The van der Waals surface area contributed by atoms with Gasteiger partial charge in [0.25, 0.3) is 0 Å². The number of rotatable bonds is 16. The van der Waals surface area contributed by atoms with Gasteiger partial charge in [-0.1, -0.05) is 62.1 Å². The number of anilines is 3. The lowest BCUT2D eigenvalue weighted by Gasteiger charge is -2.29. The quantitative estimate of drug-likeness (QED) is 0.0325. The molecule has 1 N–H and O–H groups in total. The number of hydrogen-bond acceptors (Lipinski definition) is 10. The van der Waals surface area contributed by atoms with Gasteiger partial charge in [0.05, 0.1) is 23.5 Å². The first-order chi connectivity index (χ1) is 39.4. The van der Waals surface area contributed by atoms with Crippen LogP contribution < -0.4 is 24.3 Å². The number of fused-ring (bicyclic) bond motifs is 4. The van der Waals surface area contributed by atoms with Crippen molar-refractivity contribution in [2.45, 2.75) is 178 Å². The van der Waals surface area contributed by atoms with Crippen LogP contribution in [0.4, 0.5) is 31.4 Å². The topological polar surface area (TPSA) is 157 Å². The van der Waals surface area contributed by atoms with Crippen LogP contribution in [0.1, 0.15) is 149 Å². The molecule has 0 saturated heterocycles. The molecule has 0 radical (unpaired) electrons. The second kappa shape index (κ2) is 24.9. The van der Waals surface area contributed by atoms with Crippen molar-refractivity contribution in [3.05, 3.63) is 137 Å². The predicted molar refractivity (Wildman–Crippen MR) is 335 cm³/mol. The van der Waals surface area contributed by atoms with Crippen LogP contribution >= 0.6 is 0 Å². The van der Waals surface area contributed by atoms with Crippen LogP contribution in [0.2, 0.25) is 0 Å². The third kappa shape index (κ3) is 15.5. The number of nitrogens with one attached hydrogen (secondary N) is 1. The van der Waals surface area contributed by atoms with Gasteiger partial charge in [-0.2, -0.15) is 0 Å². The van der Waals surface area contributed by atoms with E-state index in [0.717, 1.165) is 128 Å². The standard InChI is InChI=1S/C69H84N7O8/c1-44-35-52-58(39-48(44)40-62(77)81-66(5,6)7)75(49-29-23-21-24-30-49)60-42-56(46(3)37-54(60)70-52)73(64(79)83-68(11,12)13)33-27-19-17-18-20-28-34-74(65(80)84-69(14,15)16)57-43-61-55(38-47(57)4)71-53-36-45(2)51(72-63(78)82-67(8,9)10)41-59(53)76(61)50-31-25-22-26-32-50/h21-26,29-32,35-39,41-43H,17-20,27-28,33-34,40H2,1-16H3/q+1/p+1. The monoisotopic (exact) mass is 1140 g/mol. The molecular formula is C69H85N7O8+2. The zero-order valence-electron chi connectivity index (χ0n) is 52.2. The van der Waals surface area contributed by atoms with Gasteiger partial charge in [-0.3, -0.25) is 19.9 Å². The van der Waals surface area contributed by atoms with Crippen molar-refractivity contribution in [2.24, 2.45) is 0 Å². The first kappa shape index (κ1) is 61.9. The van der Waals surface area contributed by atoms with Gasteiger partial charge in [0, 0.05) is 61.6 Å². The molecule has 3 amide bonds. The molecule has 0 aliphatic rings. The van der Waals surface area contributed by atoms with Crippen LogP contribution in [0, 0.1) is 27.7 Å². The molecule has 0 saturated carbocycles. The average molecular weight is 1140 g/mol. The fraction of sp³-hybridized carbons (Fsp3) is 0.420. The van der Waals surface area contributed by atoms with Crippen molar-refractivity contribution >= 4 is 85.4 Å². The molecule has 8 rings (SSSR count). The normalized spacial score (nSPS) is 12.2. The molecule has 442 valence electrons. The van der Waals surface area contributed by atoms with Gasteiger partial charge in [-0.25, -0.2) is 24.4 Å². The lowest BCUT2D eigenvalue weighted by atomic mass is 10.0. The molecule has 15 nitrogen and oxygen atoms in total. The summed E-state index contributed by atoms with van der Waals surface area (Å²) < 4.78 is 27.8. The van der Waals surface area contributed by atoms with Gasteiger partial charge in [-0.15, -0.1) is 9.13 Å². The fourth-order valence-corrected chi connectivity index (χ4v) is 10.4. The summed E-state index contributed by atoms with van der Waals surface area (Å²) in [6.45, 7) is 31.1. The highest BCUT2D eigenvalue weighted by Crippen LogP contribution is 2.33. The molecule has 0 atom stereocenters. The number of benzene rings is 6. The molecule has 0 bridgehead atoms. The Bertz CT molecular complexity index is 3510. The molecule has 0 spiro atoms. The highest BCUT2D eigenvalue weighted by atomic mass is 16.6. The number of esters is 1. The Hall–Kier alpha value is -8.20. The van der Waals surface area contributed by atoms with Crippen molar-refractivity contribution in [3.63, 3.8) is 0 Å². The van der Waals surface area contributed by atoms with Crippen molar-refractivity contribution in [3.8, 4) is 11.4 Å². The van der Waals surface area contributed by atoms with Gasteiger partial charge < -0.3 is 18.9 Å². The fourth-order valence-electron chi connectivity index (χ4n) is 10.4. The van der Waals surface area contributed by atoms with E-state index >= 15 is 0 Å². The van der Waals surface area contributed by atoms with Crippen LogP contribution in [0.3, 0.4) is 0 Å². The smallest absolute Gasteiger partial charge is 0.414 e. The molecule has 0 aliphatic carbocycles. The van der Waals surface area contributed by atoms with Gasteiger partial charge >= 0.3 is 24.2 Å². The zero-order chi connectivity index (χ0) is 61.1. The van der Waals surface area contributed by atoms with Gasteiger partial charge in [0.15, 0.2) is 0 Å². The van der Waals surface area contributed by atoms with E-state index in [1.165, 1.54) is 0 Å². The van der Waals surface area contributed by atoms with E-state index in [1.807, 2.05) is 220 Å². The SMILES string of the molecule is Cc1cc2nc3cc(C)c(N(CCCCCCCCN(C(=O)OC(C)(C)C)c4cc5c(cc4C)nc4cc(C)c(NC(=O)OC(C)(C)C)cc4[n+]5-c4ccccc4)C(=O)OC(C)(C)C)cc3[n+](-c3ccccc3)c2cc1CC(=O)OC(C)(C)C. The van der Waals surface area contributed by atoms with Crippen molar-refractivity contribution in [1.29, 1.82) is 0 Å². The van der Waals surface area contributed by atoms with Crippen molar-refractivity contribution < 1.29 is 47.3 Å². The first-order valence-electron chi connectivity index (χ1n) is 29.4. The number of aromatic nitrogens is 4. The molecule has 2 aromatic heterocycles. The lowest BCUT2D eigenvalue weighted by molar-refractivity contribution is -0.538. The summed E-state index contributed by atoms with van der Waals surface area (Å²) in [6.07, 6.45) is 3.67. The summed E-state index contributed by atoms with van der Waals surface area (Å²) in [5.41, 5.74) is 11.6. The molecule has 15 heteroatoms. The van der Waals surface area contributed by atoms with E-state index in [9.17, 15) is 19.2 Å². The Morgan fingerprint density at radius 1 is 0.440 bits per heavy atom. The Morgan fingerprint density at radius 3 is 1.23 bits per heavy atom. The minimum absolute atomic E-state index is 0.111. The zero-order valence-corrected chi connectivity index (χ0v) is 52.2. The molecule has 8 aromatic rings. The largest absolute Gasteiger partial charge is 0.460 e. The van der Waals surface area contributed by atoms with Gasteiger partial charge in [-0.05, 0) is 176 Å². The lowest BCUT2D eigenvalue weighted by Crippen LogP contribution is -2.38. The summed E-state index contributed by atoms with van der Waals surface area (Å²) in [7, 11) is 0. The maximum Gasteiger partial charge on any atom is 0.414 e. The van der Waals surface area contributed by atoms with E-state index in [1.54, 1.807) is 9.80 Å². The highest BCUT2D eigenvalue weighted by molar-refractivity contribution is 5.96. The van der Waals surface area contributed by atoms with Crippen molar-refractivity contribution in [2.75, 3.05) is 28.2 Å². The number of carbonyl (C=O) groups is 4. The number of hydrogen-bond donors (Lipinski definition) is 1. The van der Waals surface area contributed by atoms with E-state index in [0.29, 0.717) is 24.5 Å². The number of unbranched alkanes of at least 4 members (excludes halogenated alkanes) is 5. The third-order valence-electron chi connectivity index (χ3n) is 14.0. The maximum atomic E-state index is 14.3. The van der Waals surface area contributed by atoms with Crippen molar-refractivity contribution in [1.82, 2.24) is 9.97 Å². The van der Waals surface area contributed by atoms with Crippen LogP contribution in [0.5, 0.6) is 0 Å². The van der Waals surface area contributed by atoms with E-state index in [-0.39, 0.29) is 12.4 Å². The Morgan fingerprint density at radius 2 is 0.810 bits per heavy atom. The average Bonchev–Trinajstić information content (AvgIpc) is 1.45. The van der Waals surface area contributed by atoms with Crippen LogP contribution in [0.15, 0.2) is 109 Å². The minimum Gasteiger partial charge on any atom is -0.460 e. The summed E-state index contributed by atoms with van der Waals surface area (Å²) >= 11 is 0. The number of ether oxygens (including phenoxy) is 4. The van der Waals surface area contributed by atoms with E-state index < -0.39 is 40.7 Å². The number of amides is 3. The molecule has 84 heavy (non-hydrogen) atoms. The van der Waals surface area contributed by atoms with E-state index in [2.05, 4.69) is 14.5 Å². The Labute approximate surface area is 495 Å². The predicted octanol–water partition coefficient (Wildman–Crippen LogP) is 15.6. The molecular weight excluding hydrogens is 1050 g/mol. The third-order valence-corrected chi connectivity index (χ3v) is 14.0. The molecule has 0 unspecified atom stereocenters. The summed E-state index contributed by atoms with van der Waals surface area (Å²) in [6, 6.07) is 36.1. The molecule has 2 heterocycles. The van der Waals surface area contributed by atoms with E-state index in [4.69, 9.17) is 28.9 Å². The van der Waals surface area contributed by atoms with Crippen LogP contribution in [0.25, 0.3) is 55.5 Å². The minimum atomic E-state index is -0.738. The number of para-hydroxylation sites is 2. The van der Waals surface area contributed by atoms with Gasteiger partial charge in [0.1, 0.15) is 44.5 Å². The van der Waals surface area contributed by atoms with Crippen LogP contribution in [-0.4, -0.2) is 69.7 Å². The summed E-state index contributed by atoms with van der Waals surface area (Å²) in [5.74, 6) is -0.304. The number of carbonyl (C=O) groups excluding carboxylic acids is 4. The summed E-state index contributed by atoms with van der Waals surface area (Å²) in [4.78, 5) is 68.7. The Kier molecular flexibility index (Phi) is 18.4. The van der Waals surface area contributed by atoms with Crippen LogP contribution in [-0.2, 0) is 30.2 Å². The maximum absolute atomic E-state index is 14.3. The first-order valence-corrected chi connectivity index (χ1v) is 29.4. The Balaban J connectivity index is 1.03. The highest BCUT2D eigenvalue weighted by Gasteiger charge is 2.31. The summed E-state index contributed by atoms with van der Waals surface area (Å²) in [5, 5.41) is 2.95. The molecule has 6 aromatic carbocycles. The molecule has 0 fully saturated rings. The second-order valence-corrected chi connectivity index (χ2v) is 26.0.